The van der Waals surface area contributed by atoms with E-state index in [1.165, 1.54) is 12.1 Å². The highest BCUT2D eigenvalue weighted by atomic mass is 19.1. The average molecular weight is 265 g/mol. The third-order valence-corrected chi connectivity index (χ3v) is 3.02. The Morgan fingerprint density at radius 2 is 2.26 bits per heavy atom. The van der Waals surface area contributed by atoms with Gasteiger partial charge in [-0.3, -0.25) is 15.1 Å². The fourth-order valence-electron chi connectivity index (χ4n) is 1.89. The molecule has 0 saturated carbocycles. The van der Waals surface area contributed by atoms with Gasteiger partial charge in [0, 0.05) is 7.11 Å². The van der Waals surface area contributed by atoms with Gasteiger partial charge in [-0.05, 0) is 24.6 Å². The first-order chi connectivity index (χ1) is 9.06. The number of aliphatic imine (C=N–C) groups is 1. The second-order valence-corrected chi connectivity index (χ2v) is 4.44. The summed E-state index contributed by atoms with van der Waals surface area (Å²) in [7, 11) is 1.58. The van der Waals surface area contributed by atoms with Gasteiger partial charge in [0.2, 0.25) is 0 Å². The molecule has 1 heterocycles. The van der Waals surface area contributed by atoms with E-state index >= 15 is 0 Å². The molecular weight excluding hydrogens is 249 g/mol. The van der Waals surface area contributed by atoms with Crippen LogP contribution in [0.15, 0.2) is 29.3 Å². The number of benzene rings is 1. The lowest BCUT2D eigenvalue weighted by Crippen LogP contribution is -2.40. The SMILES string of the molecule is COCCN=C1NC(=O)C(C)(c2cccc(F)c2)N1. The van der Waals surface area contributed by atoms with Crippen LogP contribution in [-0.4, -0.2) is 32.1 Å². The smallest absolute Gasteiger partial charge is 0.256 e. The zero-order chi connectivity index (χ0) is 13.9. The zero-order valence-corrected chi connectivity index (χ0v) is 10.9. The van der Waals surface area contributed by atoms with Crippen LogP contribution in [0.3, 0.4) is 0 Å². The average Bonchev–Trinajstić information content (AvgIpc) is 2.67. The highest BCUT2D eigenvalue weighted by Gasteiger charge is 2.42. The number of hydrogen-bond acceptors (Lipinski definition) is 3. The first-order valence-corrected chi connectivity index (χ1v) is 5.95. The van der Waals surface area contributed by atoms with Crippen molar-refractivity contribution in [1.29, 1.82) is 0 Å². The monoisotopic (exact) mass is 265 g/mol. The number of methoxy groups -OCH3 is 1. The van der Waals surface area contributed by atoms with Crippen LogP contribution >= 0.6 is 0 Å². The van der Waals surface area contributed by atoms with E-state index in [-0.39, 0.29) is 11.7 Å². The largest absolute Gasteiger partial charge is 0.383 e. The van der Waals surface area contributed by atoms with E-state index in [2.05, 4.69) is 15.6 Å². The summed E-state index contributed by atoms with van der Waals surface area (Å²) in [6, 6.07) is 5.96. The van der Waals surface area contributed by atoms with Gasteiger partial charge in [0.25, 0.3) is 5.91 Å². The standard InChI is InChI=1S/C13H16FN3O2/c1-13(9-4-3-5-10(14)8-9)11(18)16-12(17-13)15-6-7-19-2/h3-5,8H,6-7H2,1-2H3,(H2,15,16,17,18). The van der Waals surface area contributed by atoms with Crippen molar-refractivity contribution in [3.8, 4) is 0 Å². The summed E-state index contributed by atoms with van der Waals surface area (Å²) < 4.78 is 18.1. The van der Waals surface area contributed by atoms with Crippen LogP contribution < -0.4 is 10.6 Å². The molecule has 5 nitrogen and oxygen atoms in total. The molecule has 1 aliphatic rings. The number of hydrogen-bond donors (Lipinski definition) is 2. The number of amides is 1. The maximum Gasteiger partial charge on any atom is 0.256 e. The lowest BCUT2D eigenvalue weighted by molar-refractivity contribution is -0.123. The number of carbonyl (C=O) groups excluding carboxylic acids is 1. The lowest BCUT2D eigenvalue weighted by atomic mass is 9.92. The summed E-state index contributed by atoms with van der Waals surface area (Å²) in [6.07, 6.45) is 0. The molecule has 102 valence electrons. The van der Waals surface area contributed by atoms with Gasteiger partial charge in [-0.25, -0.2) is 4.39 Å². The Hall–Kier alpha value is -1.95. The Bertz CT molecular complexity index is 518. The summed E-state index contributed by atoms with van der Waals surface area (Å²) in [5.74, 6) is -0.249. The Kier molecular flexibility index (Phi) is 3.80. The first-order valence-electron chi connectivity index (χ1n) is 5.95. The van der Waals surface area contributed by atoms with Crippen LogP contribution in [0.4, 0.5) is 4.39 Å². The van der Waals surface area contributed by atoms with Crippen LogP contribution in [0.5, 0.6) is 0 Å². The topological polar surface area (TPSA) is 62.7 Å². The molecule has 1 aromatic carbocycles. The van der Waals surface area contributed by atoms with Crippen LogP contribution in [-0.2, 0) is 15.1 Å². The number of ether oxygens (including phenoxy) is 1. The summed E-state index contributed by atoms with van der Waals surface area (Å²) in [5.41, 5.74) is -0.449. The Balaban J connectivity index is 2.20. The number of guanidine groups is 1. The van der Waals surface area contributed by atoms with Gasteiger partial charge in [0.1, 0.15) is 11.4 Å². The van der Waals surface area contributed by atoms with Crippen molar-refractivity contribution in [2.24, 2.45) is 4.99 Å². The quantitative estimate of drug-likeness (QED) is 0.790. The number of rotatable bonds is 4. The van der Waals surface area contributed by atoms with Crippen molar-refractivity contribution in [2.75, 3.05) is 20.3 Å². The van der Waals surface area contributed by atoms with Crippen molar-refractivity contribution in [2.45, 2.75) is 12.5 Å². The van der Waals surface area contributed by atoms with Gasteiger partial charge in [0.15, 0.2) is 5.96 Å². The van der Waals surface area contributed by atoms with E-state index in [1.54, 1.807) is 26.2 Å². The lowest BCUT2D eigenvalue weighted by Gasteiger charge is -2.21. The van der Waals surface area contributed by atoms with Crippen molar-refractivity contribution in [3.63, 3.8) is 0 Å². The Labute approximate surface area is 110 Å². The van der Waals surface area contributed by atoms with Crippen LogP contribution in [0.1, 0.15) is 12.5 Å². The zero-order valence-electron chi connectivity index (χ0n) is 10.9. The first kappa shape index (κ1) is 13.5. The minimum Gasteiger partial charge on any atom is -0.383 e. The summed E-state index contributed by atoms with van der Waals surface area (Å²) in [5, 5.41) is 5.63. The molecule has 1 saturated heterocycles. The molecule has 1 amide bonds. The molecule has 1 aromatic rings. The molecule has 0 aromatic heterocycles. The molecule has 0 bridgehead atoms. The molecule has 1 atom stereocenters. The van der Waals surface area contributed by atoms with E-state index in [0.717, 1.165) is 0 Å². The second-order valence-electron chi connectivity index (χ2n) is 4.44. The molecule has 1 unspecified atom stereocenters. The predicted octanol–water partition coefficient (Wildman–Crippen LogP) is 0.763. The summed E-state index contributed by atoms with van der Waals surface area (Å²) >= 11 is 0. The Morgan fingerprint density at radius 1 is 1.47 bits per heavy atom. The molecule has 1 aliphatic heterocycles. The highest BCUT2D eigenvalue weighted by molar-refractivity contribution is 6.09. The number of halogens is 1. The van der Waals surface area contributed by atoms with E-state index < -0.39 is 5.54 Å². The predicted molar refractivity (Wildman–Crippen MR) is 69.2 cm³/mol. The molecule has 19 heavy (non-hydrogen) atoms. The van der Waals surface area contributed by atoms with E-state index in [0.29, 0.717) is 24.7 Å². The Morgan fingerprint density at radius 3 is 2.95 bits per heavy atom. The number of carbonyl (C=O) groups is 1. The van der Waals surface area contributed by atoms with Gasteiger partial charge in [-0.2, -0.15) is 0 Å². The van der Waals surface area contributed by atoms with Crippen LogP contribution in [0.25, 0.3) is 0 Å². The summed E-state index contributed by atoms with van der Waals surface area (Å²) in [6.45, 7) is 2.60. The maximum atomic E-state index is 13.3. The third kappa shape index (κ3) is 2.73. The van der Waals surface area contributed by atoms with Crippen molar-refractivity contribution in [1.82, 2.24) is 10.6 Å². The molecule has 0 spiro atoms. The fraction of sp³-hybridized carbons (Fsp3) is 0.385. The number of nitrogens with one attached hydrogen (secondary N) is 2. The molecular formula is C13H16FN3O2. The van der Waals surface area contributed by atoms with E-state index in [4.69, 9.17) is 4.74 Å². The van der Waals surface area contributed by atoms with Gasteiger partial charge in [0.05, 0.1) is 13.2 Å². The van der Waals surface area contributed by atoms with Crippen LogP contribution in [0, 0.1) is 5.82 Å². The second kappa shape index (κ2) is 5.36. The molecule has 0 aliphatic carbocycles. The fourth-order valence-corrected chi connectivity index (χ4v) is 1.89. The van der Waals surface area contributed by atoms with Gasteiger partial charge in [-0.1, -0.05) is 12.1 Å². The van der Waals surface area contributed by atoms with Crippen molar-refractivity contribution < 1.29 is 13.9 Å². The third-order valence-electron chi connectivity index (χ3n) is 3.02. The highest BCUT2D eigenvalue weighted by Crippen LogP contribution is 2.24. The minimum absolute atomic E-state index is 0.255. The molecule has 0 radical (unpaired) electrons. The summed E-state index contributed by atoms with van der Waals surface area (Å²) in [4.78, 5) is 16.2. The normalized spacial score (nSPS) is 24.4. The van der Waals surface area contributed by atoms with E-state index in [1.807, 2.05) is 0 Å². The maximum absolute atomic E-state index is 13.3. The van der Waals surface area contributed by atoms with E-state index in [9.17, 15) is 9.18 Å². The van der Waals surface area contributed by atoms with Crippen molar-refractivity contribution in [3.05, 3.63) is 35.6 Å². The molecule has 2 N–H and O–H groups in total. The van der Waals surface area contributed by atoms with Gasteiger partial charge in [-0.15, -0.1) is 0 Å². The molecule has 2 rings (SSSR count). The van der Waals surface area contributed by atoms with Gasteiger partial charge < -0.3 is 10.1 Å². The van der Waals surface area contributed by atoms with Gasteiger partial charge >= 0.3 is 0 Å². The minimum atomic E-state index is -1.01. The van der Waals surface area contributed by atoms with Crippen molar-refractivity contribution >= 4 is 11.9 Å². The molecule has 1 fully saturated rings. The number of nitrogens with zero attached hydrogens (tertiary/aromatic N) is 1. The molecule has 6 heteroatoms. The van der Waals surface area contributed by atoms with Crippen LogP contribution in [0.2, 0.25) is 0 Å².